The van der Waals surface area contributed by atoms with Gasteiger partial charge in [-0.05, 0) is 31.5 Å². The minimum atomic E-state index is 0.0325. The average molecular weight is 292 g/mol. The van der Waals surface area contributed by atoms with Crippen molar-refractivity contribution in [2.75, 3.05) is 13.1 Å². The minimum absolute atomic E-state index is 0.0325. The molecule has 0 fully saturated rings. The highest BCUT2D eigenvalue weighted by Crippen LogP contribution is 2.28. The molecule has 0 aliphatic rings. The number of carbonyl (C=O) groups excluding carboxylic acids is 1. The average Bonchev–Trinajstić information content (AvgIpc) is 2.96. The first kappa shape index (κ1) is 14.4. The van der Waals surface area contributed by atoms with Crippen molar-refractivity contribution in [1.82, 2.24) is 9.47 Å². The Kier molecular flexibility index (Phi) is 3.96. The number of para-hydroxylation sites is 1. The molecule has 3 heteroatoms. The first-order chi connectivity index (χ1) is 10.8. The smallest absolute Gasteiger partial charge is 0.325 e. The Labute approximate surface area is 130 Å². The van der Waals surface area contributed by atoms with Crippen LogP contribution < -0.4 is 0 Å². The third-order valence-electron chi connectivity index (χ3n) is 4.01. The maximum absolute atomic E-state index is 13.0. The zero-order valence-corrected chi connectivity index (χ0v) is 13.0. The van der Waals surface area contributed by atoms with E-state index in [1.165, 1.54) is 0 Å². The summed E-state index contributed by atoms with van der Waals surface area (Å²) in [7, 11) is 0. The van der Waals surface area contributed by atoms with Crippen molar-refractivity contribution < 1.29 is 4.79 Å². The lowest BCUT2D eigenvalue weighted by atomic mass is 10.1. The lowest BCUT2D eigenvalue weighted by Gasteiger charge is -2.21. The second-order valence-corrected chi connectivity index (χ2v) is 5.24. The molecule has 3 rings (SSSR count). The summed E-state index contributed by atoms with van der Waals surface area (Å²) in [5.41, 5.74) is 2.95. The van der Waals surface area contributed by atoms with Crippen LogP contribution in [0, 0.1) is 0 Å². The molecule has 22 heavy (non-hydrogen) atoms. The van der Waals surface area contributed by atoms with E-state index in [2.05, 4.69) is 6.07 Å². The monoisotopic (exact) mass is 292 g/mol. The van der Waals surface area contributed by atoms with Crippen molar-refractivity contribution in [2.45, 2.75) is 13.8 Å². The summed E-state index contributed by atoms with van der Waals surface area (Å²) in [6.07, 6.45) is 0. The molecule has 1 aromatic heterocycles. The highest BCUT2D eigenvalue weighted by Gasteiger charge is 2.19. The molecule has 0 aliphatic carbocycles. The number of hydrogen-bond donors (Lipinski definition) is 0. The molecule has 0 N–H and O–H groups in total. The summed E-state index contributed by atoms with van der Waals surface area (Å²) in [6.45, 7) is 5.43. The normalized spacial score (nSPS) is 10.8. The van der Waals surface area contributed by atoms with Gasteiger partial charge in [-0.15, -0.1) is 0 Å². The highest BCUT2D eigenvalue weighted by atomic mass is 16.2. The van der Waals surface area contributed by atoms with Crippen LogP contribution >= 0.6 is 0 Å². The summed E-state index contributed by atoms with van der Waals surface area (Å²) >= 11 is 0. The molecule has 0 unspecified atom stereocenters. The van der Waals surface area contributed by atoms with E-state index in [1.807, 2.05) is 77.9 Å². The SMILES string of the molecule is CCN(CC)C(=O)n1c(-c2ccccc2)cc2ccccc21. The first-order valence-corrected chi connectivity index (χ1v) is 7.71. The molecule has 1 amide bonds. The van der Waals surface area contributed by atoms with Gasteiger partial charge in [0, 0.05) is 18.5 Å². The summed E-state index contributed by atoms with van der Waals surface area (Å²) < 4.78 is 1.83. The lowest BCUT2D eigenvalue weighted by Crippen LogP contribution is -2.34. The maximum atomic E-state index is 13.0. The van der Waals surface area contributed by atoms with E-state index in [0.29, 0.717) is 13.1 Å². The van der Waals surface area contributed by atoms with Crippen LogP contribution in [0.5, 0.6) is 0 Å². The van der Waals surface area contributed by atoms with Gasteiger partial charge in [0.05, 0.1) is 11.2 Å². The van der Waals surface area contributed by atoms with Gasteiger partial charge in [-0.1, -0.05) is 48.5 Å². The fraction of sp³-hybridized carbons (Fsp3) is 0.211. The number of fused-ring (bicyclic) bond motifs is 1. The second-order valence-electron chi connectivity index (χ2n) is 5.24. The van der Waals surface area contributed by atoms with Crippen molar-refractivity contribution in [3.05, 3.63) is 60.7 Å². The molecule has 0 saturated heterocycles. The summed E-state index contributed by atoms with van der Waals surface area (Å²) in [6, 6.07) is 20.2. The van der Waals surface area contributed by atoms with E-state index in [4.69, 9.17) is 0 Å². The standard InChI is InChI=1S/C19H20N2O/c1-3-20(4-2)19(22)21-17-13-9-8-12-16(17)14-18(21)15-10-6-5-7-11-15/h5-14H,3-4H2,1-2H3. The van der Waals surface area contributed by atoms with Crippen LogP contribution in [-0.2, 0) is 0 Å². The topological polar surface area (TPSA) is 25.2 Å². The first-order valence-electron chi connectivity index (χ1n) is 7.71. The fourth-order valence-corrected chi connectivity index (χ4v) is 2.82. The largest absolute Gasteiger partial charge is 0.329 e. The Morgan fingerprint density at radius 1 is 0.955 bits per heavy atom. The highest BCUT2D eigenvalue weighted by molar-refractivity contribution is 5.97. The van der Waals surface area contributed by atoms with Gasteiger partial charge in [-0.2, -0.15) is 0 Å². The van der Waals surface area contributed by atoms with Crippen molar-refractivity contribution >= 4 is 16.9 Å². The van der Waals surface area contributed by atoms with Crippen molar-refractivity contribution in [2.24, 2.45) is 0 Å². The van der Waals surface area contributed by atoms with Crippen molar-refractivity contribution in [1.29, 1.82) is 0 Å². The second kappa shape index (κ2) is 6.06. The molecule has 0 aliphatic heterocycles. The molecule has 0 spiro atoms. The van der Waals surface area contributed by atoms with E-state index < -0.39 is 0 Å². The number of carbonyl (C=O) groups is 1. The summed E-state index contributed by atoms with van der Waals surface area (Å²) in [4.78, 5) is 14.8. The van der Waals surface area contributed by atoms with Gasteiger partial charge >= 0.3 is 6.03 Å². The number of benzene rings is 2. The number of aromatic nitrogens is 1. The van der Waals surface area contributed by atoms with Crippen LogP contribution in [0.15, 0.2) is 60.7 Å². The van der Waals surface area contributed by atoms with E-state index in [1.54, 1.807) is 0 Å². The third-order valence-corrected chi connectivity index (χ3v) is 4.01. The number of hydrogen-bond acceptors (Lipinski definition) is 1. The zero-order chi connectivity index (χ0) is 15.5. The number of nitrogens with zero attached hydrogens (tertiary/aromatic N) is 2. The minimum Gasteiger partial charge on any atom is -0.325 e. The maximum Gasteiger partial charge on any atom is 0.329 e. The fourth-order valence-electron chi connectivity index (χ4n) is 2.82. The van der Waals surface area contributed by atoms with Crippen LogP contribution in [0.3, 0.4) is 0 Å². The molecule has 1 heterocycles. The van der Waals surface area contributed by atoms with E-state index >= 15 is 0 Å². The van der Waals surface area contributed by atoms with E-state index in [9.17, 15) is 4.79 Å². The van der Waals surface area contributed by atoms with Gasteiger partial charge < -0.3 is 4.90 Å². The predicted molar refractivity (Wildman–Crippen MR) is 91.1 cm³/mol. The van der Waals surface area contributed by atoms with E-state index in [-0.39, 0.29) is 6.03 Å². The molecule has 0 radical (unpaired) electrons. The Balaban J connectivity index is 2.24. The number of rotatable bonds is 3. The van der Waals surface area contributed by atoms with Gasteiger partial charge in [0.15, 0.2) is 0 Å². The Morgan fingerprint density at radius 3 is 2.27 bits per heavy atom. The quantitative estimate of drug-likeness (QED) is 0.691. The molecule has 3 nitrogen and oxygen atoms in total. The van der Waals surface area contributed by atoms with Crippen LogP contribution in [-0.4, -0.2) is 28.6 Å². The van der Waals surface area contributed by atoms with Crippen LogP contribution in [0.2, 0.25) is 0 Å². The lowest BCUT2D eigenvalue weighted by molar-refractivity contribution is 0.206. The molecular formula is C19H20N2O. The molecular weight excluding hydrogens is 272 g/mol. The molecule has 0 saturated carbocycles. The van der Waals surface area contributed by atoms with Crippen molar-refractivity contribution in [3.63, 3.8) is 0 Å². The Hall–Kier alpha value is -2.55. The van der Waals surface area contributed by atoms with Crippen LogP contribution in [0.25, 0.3) is 22.2 Å². The molecule has 112 valence electrons. The summed E-state index contributed by atoms with van der Waals surface area (Å²) in [5.74, 6) is 0. The van der Waals surface area contributed by atoms with Gasteiger partial charge in [-0.25, -0.2) is 4.79 Å². The van der Waals surface area contributed by atoms with Gasteiger partial charge in [0.1, 0.15) is 0 Å². The zero-order valence-electron chi connectivity index (χ0n) is 13.0. The Bertz CT molecular complexity index is 786. The van der Waals surface area contributed by atoms with Crippen LogP contribution in [0.1, 0.15) is 13.8 Å². The molecule has 0 bridgehead atoms. The molecule has 2 aromatic carbocycles. The van der Waals surface area contributed by atoms with Gasteiger partial charge in [0.2, 0.25) is 0 Å². The van der Waals surface area contributed by atoms with Crippen molar-refractivity contribution in [3.8, 4) is 11.3 Å². The van der Waals surface area contributed by atoms with Gasteiger partial charge in [-0.3, -0.25) is 4.57 Å². The summed E-state index contributed by atoms with van der Waals surface area (Å²) in [5, 5.41) is 1.09. The molecule has 3 aromatic rings. The number of amides is 1. The van der Waals surface area contributed by atoms with Crippen LogP contribution in [0.4, 0.5) is 4.79 Å². The molecule has 0 atom stereocenters. The predicted octanol–water partition coefficient (Wildman–Crippen LogP) is 4.62. The Morgan fingerprint density at radius 2 is 1.59 bits per heavy atom. The van der Waals surface area contributed by atoms with Gasteiger partial charge in [0.25, 0.3) is 0 Å². The third kappa shape index (κ3) is 2.39. The van der Waals surface area contributed by atoms with E-state index in [0.717, 1.165) is 22.2 Å².